The standard InChI is InChI=1S/C21H20N4O2S/c26-20(19-4-1-11-25(19)13-16-7-9-22-10-8-16)24-21-23-18(15-28-21)6-5-17-3-2-12-27-14-17/h1,4,7-11,15,17H,2-3,12-14H2,(H,23,24,26). The minimum Gasteiger partial charge on any atom is -0.380 e. The molecule has 0 radical (unpaired) electrons. The van der Waals surface area contributed by atoms with E-state index in [4.69, 9.17) is 4.74 Å². The predicted octanol–water partition coefficient (Wildman–Crippen LogP) is 3.42. The van der Waals surface area contributed by atoms with Crippen LogP contribution in [0.2, 0.25) is 0 Å². The van der Waals surface area contributed by atoms with Crippen molar-refractivity contribution in [2.75, 3.05) is 18.5 Å². The summed E-state index contributed by atoms with van der Waals surface area (Å²) in [5, 5.41) is 5.28. The molecule has 1 aliphatic heterocycles. The van der Waals surface area contributed by atoms with Gasteiger partial charge < -0.3 is 9.30 Å². The number of amides is 1. The van der Waals surface area contributed by atoms with Crippen LogP contribution in [0, 0.1) is 17.8 Å². The van der Waals surface area contributed by atoms with Gasteiger partial charge in [0.25, 0.3) is 5.91 Å². The first-order valence-electron chi connectivity index (χ1n) is 9.18. The van der Waals surface area contributed by atoms with Gasteiger partial charge in [0, 0.05) is 43.0 Å². The van der Waals surface area contributed by atoms with Crippen molar-refractivity contribution in [3.05, 3.63) is 65.2 Å². The summed E-state index contributed by atoms with van der Waals surface area (Å²) in [6.45, 7) is 2.12. The number of thiazole rings is 1. The Kier molecular flexibility index (Phi) is 5.80. The highest BCUT2D eigenvalue weighted by Gasteiger charge is 2.14. The lowest BCUT2D eigenvalue weighted by molar-refractivity contribution is 0.0740. The van der Waals surface area contributed by atoms with Gasteiger partial charge in [-0.3, -0.25) is 15.1 Å². The van der Waals surface area contributed by atoms with E-state index in [1.807, 2.05) is 34.3 Å². The molecule has 4 rings (SSSR count). The number of pyridine rings is 1. The van der Waals surface area contributed by atoms with Gasteiger partial charge in [-0.15, -0.1) is 11.3 Å². The molecule has 3 aromatic rings. The molecule has 0 spiro atoms. The third-order valence-electron chi connectivity index (χ3n) is 4.45. The van der Waals surface area contributed by atoms with Gasteiger partial charge in [0.05, 0.1) is 6.61 Å². The predicted molar refractivity (Wildman–Crippen MR) is 108 cm³/mol. The molecule has 0 aromatic carbocycles. The molecule has 0 aliphatic carbocycles. The van der Waals surface area contributed by atoms with Gasteiger partial charge in [0.15, 0.2) is 5.13 Å². The minimum absolute atomic E-state index is 0.186. The van der Waals surface area contributed by atoms with Crippen molar-refractivity contribution in [3.8, 4) is 11.8 Å². The first-order chi connectivity index (χ1) is 13.8. The van der Waals surface area contributed by atoms with Gasteiger partial charge in [0.1, 0.15) is 11.4 Å². The zero-order chi connectivity index (χ0) is 19.2. The van der Waals surface area contributed by atoms with E-state index < -0.39 is 0 Å². The van der Waals surface area contributed by atoms with E-state index in [0.717, 1.165) is 25.0 Å². The lowest BCUT2D eigenvalue weighted by atomic mass is 10.0. The number of hydrogen-bond donors (Lipinski definition) is 1. The summed E-state index contributed by atoms with van der Waals surface area (Å²) < 4.78 is 7.35. The number of carbonyl (C=O) groups is 1. The fourth-order valence-electron chi connectivity index (χ4n) is 3.02. The van der Waals surface area contributed by atoms with Gasteiger partial charge in [-0.05, 0) is 48.6 Å². The third-order valence-corrected chi connectivity index (χ3v) is 5.21. The summed E-state index contributed by atoms with van der Waals surface area (Å²) in [6.07, 6.45) is 7.50. The van der Waals surface area contributed by atoms with E-state index in [0.29, 0.717) is 29.7 Å². The van der Waals surface area contributed by atoms with Crippen molar-refractivity contribution in [2.45, 2.75) is 19.4 Å². The Morgan fingerprint density at radius 1 is 1.36 bits per heavy atom. The Labute approximate surface area is 167 Å². The quantitative estimate of drug-likeness (QED) is 0.691. The zero-order valence-corrected chi connectivity index (χ0v) is 16.1. The molecular formula is C21H20N4O2S. The monoisotopic (exact) mass is 392 g/mol. The van der Waals surface area contributed by atoms with E-state index in [9.17, 15) is 4.79 Å². The second-order valence-electron chi connectivity index (χ2n) is 6.55. The molecule has 1 N–H and O–H groups in total. The maximum absolute atomic E-state index is 12.7. The van der Waals surface area contributed by atoms with Crippen LogP contribution < -0.4 is 5.32 Å². The Morgan fingerprint density at radius 3 is 3.07 bits per heavy atom. The maximum atomic E-state index is 12.7. The van der Waals surface area contributed by atoms with Crippen LogP contribution in [0.1, 0.15) is 34.6 Å². The minimum atomic E-state index is -0.186. The Bertz CT molecular complexity index is 994. The van der Waals surface area contributed by atoms with E-state index in [1.54, 1.807) is 18.5 Å². The number of aromatic nitrogens is 3. The van der Waals surface area contributed by atoms with Crippen molar-refractivity contribution in [3.63, 3.8) is 0 Å². The van der Waals surface area contributed by atoms with Crippen LogP contribution >= 0.6 is 11.3 Å². The van der Waals surface area contributed by atoms with Crippen LogP contribution in [0.5, 0.6) is 0 Å². The summed E-state index contributed by atoms with van der Waals surface area (Å²) in [5.74, 6) is 6.39. The van der Waals surface area contributed by atoms with E-state index in [2.05, 4.69) is 27.1 Å². The zero-order valence-electron chi connectivity index (χ0n) is 15.3. The van der Waals surface area contributed by atoms with E-state index >= 15 is 0 Å². The third kappa shape index (κ3) is 4.66. The number of anilines is 1. The molecule has 3 aromatic heterocycles. The number of ether oxygens (including phenoxy) is 1. The lowest BCUT2D eigenvalue weighted by Gasteiger charge is -2.16. The normalized spacial score (nSPS) is 16.2. The average Bonchev–Trinajstić information content (AvgIpc) is 3.37. The number of nitrogens with one attached hydrogen (secondary N) is 1. The van der Waals surface area contributed by atoms with Gasteiger partial charge in [-0.25, -0.2) is 4.98 Å². The summed E-state index contributed by atoms with van der Waals surface area (Å²) >= 11 is 1.38. The molecular weight excluding hydrogens is 372 g/mol. The van der Waals surface area contributed by atoms with Gasteiger partial charge in [-0.2, -0.15) is 0 Å². The van der Waals surface area contributed by atoms with Gasteiger partial charge in [-0.1, -0.05) is 5.92 Å². The second-order valence-corrected chi connectivity index (χ2v) is 7.41. The Balaban J connectivity index is 1.40. The lowest BCUT2D eigenvalue weighted by Crippen LogP contribution is -2.17. The van der Waals surface area contributed by atoms with Crippen molar-refractivity contribution < 1.29 is 9.53 Å². The molecule has 4 heterocycles. The highest BCUT2D eigenvalue weighted by atomic mass is 32.1. The van der Waals surface area contributed by atoms with Gasteiger partial charge >= 0.3 is 0 Å². The molecule has 7 heteroatoms. The number of carbonyl (C=O) groups excluding carboxylic acids is 1. The fourth-order valence-corrected chi connectivity index (χ4v) is 3.66. The summed E-state index contributed by atoms with van der Waals surface area (Å²) in [5.41, 5.74) is 2.34. The molecule has 6 nitrogen and oxygen atoms in total. The summed E-state index contributed by atoms with van der Waals surface area (Å²) in [4.78, 5) is 21.1. The molecule has 1 unspecified atom stereocenters. The van der Waals surface area contributed by atoms with Gasteiger partial charge in [0.2, 0.25) is 0 Å². The second kappa shape index (κ2) is 8.83. The van der Waals surface area contributed by atoms with Crippen molar-refractivity contribution in [2.24, 2.45) is 5.92 Å². The fraction of sp³-hybridized carbons (Fsp3) is 0.286. The Morgan fingerprint density at radius 2 is 2.25 bits per heavy atom. The molecule has 1 amide bonds. The maximum Gasteiger partial charge on any atom is 0.274 e. The van der Waals surface area contributed by atoms with Crippen LogP contribution in [0.4, 0.5) is 5.13 Å². The molecule has 1 aliphatic rings. The smallest absolute Gasteiger partial charge is 0.274 e. The van der Waals surface area contributed by atoms with Crippen molar-refractivity contribution >= 4 is 22.4 Å². The van der Waals surface area contributed by atoms with Crippen molar-refractivity contribution in [1.29, 1.82) is 0 Å². The van der Waals surface area contributed by atoms with E-state index in [1.165, 1.54) is 11.3 Å². The first kappa shape index (κ1) is 18.4. The highest BCUT2D eigenvalue weighted by molar-refractivity contribution is 7.14. The molecule has 1 atom stereocenters. The molecule has 0 bridgehead atoms. The Hall–Kier alpha value is -2.95. The van der Waals surface area contributed by atoms with Crippen molar-refractivity contribution in [1.82, 2.24) is 14.5 Å². The molecule has 1 fully saturated rings. The van der Waals surface area contributed by atoms with Crippen LogP contribution in [0.25, 0.3) is 0 Å². The van der Waals surface area contributed by atoms with Crippen LogP contribution in [0.3, 0.4) is 0 Å². The number of hydrogen-bond acceptors (Lipinski definition) is 5. The largest absolute Gasteiger partial charge is 0.380 e. The summed E-state index contributed by atoms with van der Waals surface area (Å²) in [7, 11) is 0. The van der Waals surface area contributed by atoms with E-state index in [-0.39, 0.29) is 11.8 Å². The average molecular weight is 392 g/mol. The first-order valence-corrected chi connectivity index (χ1v) is 10.1. The van der Waals surface area contributed by atoms with Crippen LogP contribution in [0.15, 0.2) is 48.2 Å². The molecule has 1 saturated heterocycles. The highest BCUT2D eigenvalue weighted by Crippen LogP contribution is 2.18. The topological polar surface area (TPSA) is 69.0 Å². The van der Waals surface area contributed by atoms with Crippen LogP contribution in [-0.2, 0) is 11.3 Å². The SMILES string of the molecule is O=C(Nc1nc(C#CC2CCCOC2)cs1)c1cccn1Cc1ccncc1. The summed E-state index contributed by atoms with van der Waals surface area (Å²) in [6, 6.07) is 7.53. The molecule has 28 heavy (non-hydrogen) atoms. The number of nitrogens with zero attached hydrogens (tertiary/aromatic N) is 3. The molecule has 142 valence electrons. The number of rotatable bonds is 4. The molecule has 0 saturated carbocycles. The van der Waals surface area contributed by atoms with Crippen LogP contribution in [-0.4, -0.2) is 33.7 Å².